The van der Waals surface area contributed by atoms with E-state index in [1.807, 2.05) is 24.3 Å². The topological polar surface area (TPSA) is 26.0 Å². The molecule has 0 aromatic heterocycles. The fourth-order valence-electron chi connectivity index (χ4n) is 1.59. The van der Waals surface area contributed by atoms with Crippen molar-refractivity contribution in [2.75, 3.05) is 0 Å². The maximum Gasteiger partial charge on any atom is 0.389 e. The maximum atomic E-state index is 11.9. The molecule has 1 aromatic carbocycles. The van der Waals surface area contributed by atoms with Gasteiger partial charge in [0.05, 0.1) is 0 Å². The van der Waals surface area contributed by atoms with Gasteiger partial charge in [-0.2, -0.15) is 13.2 Å². The Hall–Kier alpha value is -0.550. The van der Waals surface area contributed by atoms with Gasteiger partial charge in [0.1, 0.15) is 0 Å². The van der Waals surface area contributed by atoms with Gasteiger partial charge in [0.25, 0.3) is 0 Å². The van der Waals surface area contributed by atoms with Crippen LogP contribution in [0.1, 0.15) is 24.8 Å². The smallest absolute Gasteiger partial charge is 0.327 e. The van der Waals surface area contributed by atoms with E-state index in [-0.39, 0.29) is 12.5 Å². The Bertz CT molecular complexity index is 335. The normalized spacial score (nSPS) is 13.7. The highest BCUT2D eigenvalue weighted by atomic mass is 79.9. The van der Waals surface area contributed by atoms with E-state index in [1.165, 1.54) is 0 Å². The standard InChI is InChI=1S/C12H15BrF3N/c13-10-5-3-9(4-6-10)8-11(17)2-1-7-12(14,15)16/h3-6,11H,1-2,7-8,17H2. The van der Waals surface area contributed by atoms with E-state index in [0.717, 1.165) is 10.0 Å². The van der Waals surface area contributed by atoms with Gasteiger partial charge in [-0.15, -0.1) is 0 Å². The predicted molar refractivity (Wildman–Crippen MR) is 65.7 cm³/mol. The second kappa shape index (κ2) is 6.40. The maximum absolute atomic E-state index is 11.9. The fourth-order valence-corrected chi connectivity index (χ4v) is 1.85. The summed E-state index contributed by atoms with van der Waals surface area (Å²) in [6.45, 7) is 0. The summed E-state index contributed by atoms with van der Waals surface area (Å²) in [6, 6.07) is 7.44. The van der Waals surface area contributed by atoms with E-state index in [9.17, 15) is 13.2 Å². The van der Waals surface area contributed by atoms with Gasteiger partial charge < -0.3 is 5.73 Å². The van der Waals surface area contributed by atoms with Crippen molar-refractivity contribution in [2.24, 2.45) is 5.73 Å². The van der Waals surface area contributed by atoms with Crippen LogP contribution in [0.2, 0.25) is 0 Å². The molecule has 1 rings (SSSR count). The summed E-state index contributed by atoms with van der Waals surface area (Å²) in [5, 5.41) is 0. The van der Waals surface area contributed by atoms with Gasteiger partial charge in [0.15, 0.2) is 0 Å². The van der Waals surface area contributed by atoms with Crippen molar-refractivity contribution in [1.82, 2.24) is 0 Å². The third-order valence-electron chi connectivity index (χ3n) is 2.45. The lowest BCUT2D eigenvalue weighted by Gasteiger charge is -2.12. The summed E-state index contributed by atoms with van der Waals surface area (Å²) in [4.78, 5) is 0. The second-order valence-corrected chi connectivity index (χ2v) is 5.01. The van der Waals surface area contributed by atoms with Gasteiger partial charge in [0, 0.05) is 16.9 Å². The Morgan fingerprint density at radius 1 is 1.18 bits per heavy atom. The quantitative estimate of drug-likeness (QED) is 0.872. The molecule has 0 aliphatic rings. The number of hydrogen-bond acceptors (Lipinski definition) is 1. The predicted octanol–water partition coefficient (Wildman–Crippen LogP) is 4.05. The van der Waals surface area contributed by atoms with Crippen molar-refractivity contribution in [3.63, 3.8) is 0 Å². The lowest BCUT2D eigenvalue weighted by Crippen LogP contribution is -2.23. The minimum atomic E-state index is -4.07. The summed E-state index contributed by atoms with van der Waals surface area (Å²) in [5.74, 6) is 0. The van der Waals surface area contributed by atoms with Crippen molar-refractivity contribution in [3.05, 3.63) is 34.3 Å². The molecule has 0 amide bonds. The van der Waals surface area contributed by atoms with Gasteiger partial charge >= 0.3 is 6.18 Å². The van der Waals surface area contributed by atoms with Crippen LogP contribution in [-0.4, -0.2) is 12.2 Å². The molecule has 0 aliphatic heterocycles. The van der Waals surface area contributed by atoms with Crippen LogP contribution < -0.4 is 5.73 Å². The zero-order valence-electron chi connectivity index (χ0n) is 9.30. The Morgan fingerprint density at radius 2 is 1.76 bits per heavy atom. The van der Waals surface area contributed by atoms with Crippen molar-refractivity contribution >= 4 is 15.9 Å². The summed E-state index contributed by atoms with van der Waals surface area (Å²) < 4.78 is 36.8. The van der Waals surface area contributed by atoms with Crippen LogP contribution in [0.3, 0.4) is 0 Å². The molecule has 0 radical (unpaired) electrons. The fraction of sp³-hybridized carbons (Fsp3) is 0.500. The molecule has 0 fully saturated rings. The number of halogens is 4. The minimum absolute atomic E-state index is 0.0984. The van der Waals surface area contributed by atoms with Crippen LogP contribution in [0.5, 0.6) is 0 Å². The third-order valence-corrected chi connectivity index (χ3v) is 2.97. The summed E-state index contributed by atoms with van der Waals surface area (Å²) in [5.41, 5.74) is 6.84. The average molecular weight is 310 g/mol. The van der Waals surface area contributed by atoms with Gasteiger partial charge in [0.2, 0.25) is 0 Å². The molecule has 5 heteroatoms. The Balaban J connectivity index is 2.30. The number of rotatable bonds is 5. The molecule has 0 spiro atoms. The van der Waals surface area contributed by atoms with Crippen molar-refractivity contribution in [2.45, 2.75) is 37.9 Å². The molecule has 1 atom stereocenters. The van der Waals surface area contributed by atoms with Gasteiger partial charge in [-0.25, -0.2) is 0 Å². The summed E-state index contributed by atoms with van der Waals surface area (Å²) in [7, 11) is 0. The van der Waals surface area contributed by atoms with Crippen molar-refractivity contribution < 1.29 is 13.2 Å². The van der Waals surface area contributed by atoms with Crippen LogP contribution >= 0.6 is 15.9 Å². The van der Waals surface area contributed by atoms with Crippen molar-refractivity contribution in [1.29, 1.82) is 0 Å². The second-order valence-electron chi connectivity index (χ2n) is 4.10. The Labute approximate surface area is 107 Å². The largest absolute Gasteiger partial charge is 0.389 e. The van der Waals surface area contributed by atoms with Gasteiger partial charge in [-0.05, 0) is 37.0 Å². The number of hydrogen-bond donors (Lipinski definition) is 1. The zero-order valence-corrected chi connectivity index (χ0v) is 10.9. The lowest BCUT2D eigenvalue weighted by atomic mass is 10.0. The lowest BCUT2D eigenvalue weighted by molar-refractivity contribution is -0.135. The molecule has 1 nitrogen and oxygen atoms in total. The first-order valence-electron chi connectivity index (χ1n) is 5.43. The molecule has 2 N–H and O–H groups in total. The van der Waals surface area contributed by atoms with Crippen LogP contribution in [0.15, 0.2) is 28.7 Å². The highest BCUT2D eigenvalue weighted by Crippen LogP contribution is 2.23. The third kappa shape index (κ3) is 6.68. The average Bonchev–Trinajstić information content (AvgIpc) is 2.19. The van der Waals surface area contributed by atoms with Crippen LogP contribution in [-0.2, 0) is 6.42 Å². The van der Waals surface area contributed by atoms with E-state index < -0.39 is 12.6 Å². The molecule has 0 aliphatic carbocycles. The summed E-state index contributed by atoms with van der Waals surface area (Å²) in [6.07, 6.45) is -3.71. The highest BCUT2D eigenvalue weighted by molar-refractivity contribution is 9.10. The van der Waals surface area contributed by atoms with E-state index in [2.05, 4.69) is 15.9 Å². The SMILES string of the molecule is NC(CCCC(F)(F)F)Cc1ccc(Br)cc1. The first kappa shape index (κ1) is 14.5. The van der Waals surface area contributed by atoms with E-state index >= 15 is 0 Å². The Morgan fingerprint density at radius 3 is 2.29 bits per heavy atom. The number of nitrogens with two attached hydrogens (primary N) is 1. The highest BCUT2D eigenvalue weighted by Gasteiger charge is 2.26. The van der Waals surface area contributed by atoms with Crippen LogP contribution in [0, 0.1) is 0 Å². The molecular weight excluding hydrogens is 295 g/mol. The monoisotopic (exact) mass is 309 g/mol. The molecule has 0 saturated heterocycles. The van der Waals surface area contributed by atoms with Gasteiger partial charge in [-0.1, -0.05) is 28.1 Å². The first-order chi connectivity index (χ1) is 7.87. The molecule has 0 bridgehead atoms. The van der Waals surface area contributed by atoms with Crippen molar-refractivity contribution in [3.8, 4) is 0 Å². The van der Waals surface area contributed by atoms with Crippen LogP contribution in [0.25, 0.3) is 0 Å². The molecule has 17 heavy (non-hydrogen) atoms. The minimum Gasteiger partial charge on any atom is -0.327 e. The molecular formula is C12H15BrF3N. The molecule has 1 aromatic rings. The molecule has 1 unspecified atom stereocenters. The molecule has 96 valence electrons. The van der Waals surface area contributed by atoms with Crippen LogP contribution in [0.4, 0.5) is 13.2 Å². The van der Waals surface area contributed by atoms with E-state index in [0.29, 0.717) is 12.8 Å². The summed E-state index contributed by atoms with van der Waals surface area (Å²) >= 11 is 3.32. The molecule has 0 saturated carbocycles. The molecule has 0 heterocycles. The van der Waals surface area contributed by atoms with Gasteiger partial charge in [-0.3, -0.25) is 0 Å². The number of alkyl halides is 3. The Kier molecular flexibility index (Phi) is 5.46. The van der Waals surface area contributed by atoms with E-state index in [4.69, 9.17) is 5.73 Å². The van der Waals surface area contributed by atoms with E-state index in [1.54, 1.807) is 0 Å². The first-order valence-corrected chi connectivity index (χ1v) is 6.23. The number of benzene rings is 1. The zero-order chi connectivity index (χ0) is 12.9.